The fourth-order valence-corrected chi connectivity index (χ4v) is 8.89. The molecule has 2 fully saturated rings. The molecule has 0 aliphatic carbocycles. The van der Waals surface area contributed by atoms with Crippen molar-refractivity contribution < 1.29 is 33.5 Å². The van der Waals surface area contributed by atoms with Crippen LogP contribution in [0.15, 0.2) is 12.2 Å². The third-order valence-electron chi connectivity index (χ3n) is 11.3. The van der Waals surface area contributed by atoms with Gasteiger partial charge in [0, 0.05) is 38.8 Å². The van der Waals surface area contributed by atoms with Crippen molar-refractivity contribution in [2.45, 2.75) is 185 Å². The van der Waals surface area contributed by atoms with Crippen LogP contribution >= 0.6 is 0 Å². The Bertz CT molecular complexity index is 1150. The van der Waals surface area contributed by atoms with Crippen LogP contribution in [0.2, 0.25) is 0 Å². The van der Waals surface area contributed by atoms with Crippen molar-refractivity contribution in [1.82, 2.24) is 15.5 Å². The number of rotatable bonds is 16. The highest BCUT2D eigenvalue weighted by Crippen LogP contribution is 2.45. The second-order valence-electron chi connectivity index (χ2n) is 15.2. The summed E-state index contributed by atoms with van der Waals surface area (Å²) < 4.78 is 22.0. The maximum Gasteiger partial charge on any atom is 0.350 e. The molecule has 10 nitrogen and oxygen atoms in total. The lowest BCUT2D eigenvalue weighted by atomic mass is 9.80. The smallest absolute Gasteiger partial charge is 0.350 e. The molecular weight excluding hydrogens is 608 g/mol. The number of esters is 1. The normalized spacial score (nSPS) is 33.1. The topological polar surface area (TPSA) is 112 Å². The Morgan fingerprint density at radius 1 is 1.06 bits per heavy atom. The van der Waals surface area contributed by atoms with Crippen molar-refractivity contribution in [1.29, 1.82) is 0 Å². The van der Waals surface area contributed by atoms with Crippen LogP contribution in [0.3, 0.4) is 0 Å². The molecule has 0 unspecified atom stereocenters. The van der Waals surface area contributed by atoms with Gasteiger partial charge in [0.2, 0.25) is 11.6 Å². The number of carbonyl (C=O) groups excluding carboxylic acids is 2. The molecule has 2 spiro atoms. The quantitative estimate of drug-likeness (QED) is 0.0852. The largest absolute Gasteiger partial charge is 0.465 e. The van der Waals surface area contributed by atoms with Gasteiger partial charge >= 0.3 is 11.9 Å². The molecule has 0 radical (unpaired) electrons. The Labute approximate surface area is 289 Å². The summed E-state index contributed by atoms with van der Waals surface area (Å²) in [6, 6.07) is 0.329. The van der Waals surface area contributed by atoms with Gasteiger partial charge in [0.15, 0.2) is 11.6 Å². The molecule has 5 heterocycles. The van der Waals surface area contributed by atoms with Gasteiger partial charge in [-0.1, -0.05) is 58.6 Å². The summed E-state index contributed by atoms with van der Waals surface area (Å²) in [5, 5.41) is 17.9. The second kappa shape index (κ2) is 17.2. The van der Waals surface area contributed by atoms with Crippen molar-refractivity contribution in [3.63, 3.8) is 0 Å². The lowest BCUT2D eigenvalue weighted by Crippen LogP contribution is -2.76. The van der Waals surface area contributed by atoms with Gasteiger partial charge in [-0.2, -0.15) is 0 Å². The Kier molecular flexibility index (Phi) is 13.3. The van der Waals surface area contributed by atoms with Crippen molar-refractivity contribution in [2.24, 2.45) is 5.92 Å². The second-order valence-corrected chi connectivity index (χ2v) is 15.2. The third-order valence-corrected chi connectivity index (χ3v) is 11.3. The van der Waals surface area contributed by atoms with Gasteiger partial charge in [0.1, 0.15) is 0 Å². The lowest BCUT2D eigenvalue weighted by molar-refractivity contribution is -0.609. The molecule has 0 saturated carbocycles. The Morgan fingerprint density at radius 2 is 1.90 bits per heavy atom. The van der Waals surface area contributed by atoms with Crippen LogP contribution in [0.4, 0.5) is 0 Å². The zero-order valence-electron chi connectivity index (χ0n) is 30.4. The van der Waals surface area contributed by atoms with Crippen LogP contribution < -0.4 is 10.6 Å². The molecule has 272 valence electrons. The highest BCUT2D eigenvalue weighted by Gasteiger charge is 2.64. The summed E-state index contributed by atoms with van der Waals surface area (Å²) in [6.45, 7) is 10.00. The minimum absolute atomic E-state index is 0.0253. The molecule has 5 aliphatic rings. The predicted molar refractivity (Wildman–Crippen MR) is 186 cm³/mol. The fourth-order valence-electron chi connectivity index (χ4n) is 8.89. The van der Waals surface area contributed by atoms with E-state index in [1.807, 2.05) is 4.90 Å². The van der Waals surface area contributed by atoms with Gasteiger partial charge in [0.05, 0.1) is 37.0 Å². The number of allylic oxidation sites excluding steroid dienone is 1. The van der Waals surface area contributed by atoms with Crippen LogP contribution in [-0.2, 0) is 23.8 Å². The lowest BCUT2D eigenvalue weighted by Gasteiger charge is -2.50. The Hall–Kier alpha value is -2.17. The summed E-state index contributed by atoms with van der Waals surface area (Å²) in [7, 11) is 0. The molecule has 0 aromatic heterocycles. The zero-order valence-corrected chi connectivity index (χ0v) is 30.4. The average Bonchev–Trinajstić information content (AvgIpc) is 3.36. The van der Waals surface area contributed by atoms with Crippen molar-refractivity contribution in [3.8, 4) is 0 Å². The molecule has 0 aromatic rings. The highest BCUT2D eigenvalue weighted by molar-refractivity contribution is 5.82. The zero-order chi connectivity index (χ0) is 34.1. The number of hydrogen-bond acceptors (Lipinski definition) is 8. The van der Waals surface area contributed by atoms with E-state index < -0.39 is 23.5 Å². The van der Waals surface area contributed by atoms with Gasteiger partial charge < -0.3 is 24.2 Å². The minimum atomic E-state index is -0.798. The predicted octanol–water partition coefficient (Wildman–Crippen LogP) is 5.51. The number of nitrogens with zero attached hydrogens (tertiary/aromatic N) is 2. The van der Waals surface area contributed by atoms with E-state index in [1.54, 1.807) is 0 Å². The maximum atomic E-state index is 14.0. The molecule has 1 amide bonds. The van der Waals surface area contributed by atoms with E-state index in [2.05, 4.69) is 55.1 Å². The van der Waals surface area contributed by atoms with E-state index in [9.17, 15) is 14.7 Å². The van der Waals surface area contributed by atoms with E-state index in [-0.39, 0.29) is 30.1 Å². The summed E-state index contributed by atoms with van der Waals surface area (Å²) >= 11 is 0. The number of aliphatic hydroxyl groups is 1. The molecule has 3 N–H and O–H groups in total. The molecule has 5 aliphatic heterocycles. The van der Waals surface area contributed by atoms with Gasteiger partial charge in [0.25, 0.3) is 0 Å². The van der Waals surface area contributed by atoms with E-state index in [1.165, 1.54) is 0 Å². The molecule has 8 atom stereocenters. The number of nitrogens with one attached hydrogen (secondary N) is 2. The molecule has 5 rings (SSSR count). The van der Waals surface area contributed by atoms with Gasteiger partial charge in [-0.05, 0) is 71.1 Å². The summed E-state index contributed by atoms with van der Waals surface area (Å²) in [6.07, 6.45) is 20.2. The minimum Gasteiger partial charge on any atom is -0.465 e. The first-order valence-electron chi connectivity index (χ1n) is 19.6. The Balaban J connectivity index is 1.16. The van der Waals surface area contributed by atoms with Crippen molar-refractivity contribution in [3.05, 3.63) is 12.2 Å². The molecule has 48 heavy (non-hydrogen) atoms. The van der Waals surface area contributed by atoms with Crippen LogP contribution in [-0.4, -0.2) is 94.0 Å². The third kappa shape index (κ3) is 8.76. The number of carbonyl (C=O) groups is 2. The Morgan fingerprint density at radius 3 is 2.67 bits per heavy atom. The first-order valence-corrected chi connectivity index (χ1v) is 19.6. The van der Waals surface area contributed by atoms with E-state index in [0.717, 1.165) is 115 Å². The maximum absolute atomic E-state index is 14.0. The monoisotopic (exact) mass is 673 g/mol. The summed E-state index contributed by atoms with van der Waals surface area (Å²) in [5.74, 6) is 0.541. The van der Waals surface area contributed by atoms with Crippen LogP contribution in [0, 0.1) is 5.92 Å². The molecular formula is C38H65N4O6+. The first-order chi connectivity index (χ1) is 23.2. The van der Waals surface area contributed by atoms with Crippen LogP contribution in [0.25, 0.3) is 0 Å². The highest BCUT2D eigenvalue weighted by atomic mass is 16.6. The van der Waals surface area contributed by atoms with Gasteiger partial charge in [-0.25, -0.2) is 10.6 Å². The summed E-state index contributed by atoms with van der Waals surface area (Å²) in [4.78, 5) is 28.8. The fraction of sp³-hybridized carbons (Fsp3) is 0.868. The number of hydrogen-bond donors (Lipinski definition) is 3. The number of unbranched alkanes of at least 4 members (excludes halogenated alkanes) is 4. The van der Waals surface area contributed by atoms with Crippen molar-refractivity contribution in [2.75, 3.05) is 19.7 Å². The average molecular weight is 674 g/mol. The van der Waals surface area contributed by atoms with Crippen LogP contribution in [0.5, 0.6) is 0 Å². The van der Waals surface area contributed by atoms with Crippen molar-refractivity contribution >= 4 is 17.8 Å². The van der Waals surface area contributed by atoms with Crippen LogP contribution in [0.1, 0.15) is 143 Å². The summed E-state index contributed by atoms with van der Waals surface area (Å²) in [5.41, 5.74) is -1.22. The van der Waals surface area contributed by atoms with E-state index in [0.29, 0.717) is 32.2 Å². The van der Waals surface area contributed by atoms with E-state index >= 15 is 0 Å². The number of guanidine groups is 1. The first kappa shape index (κ1) is 37.1. The number of aliphatic hydroxyl groups excluding tert-OH is 1. The number of ether oxygens (including phenoxy) is 3. The van der Waals surface area contributed by atoms with E-state index in [4.69, 9.17) is 14.2 Å². The molecule has 2 saturated heterocycles. The number of amides is 1. The van der Waals surface area contributed by atoms with Gasteiger partial charge in [-0.15, -0.1) is 0 Å². The molecule has 0 bridgehead atoms. The molecule has 0 aromatic carbocycles. The standard InChI is InChI=1S/C38H64N4O6/c1-5-8-24-41(27-30(43)16-6-2)33(44)19-11-9-10-14-25-46-35(45)34-32-21-20-29-26-37(22-13-12-18-31(7-3)48-37)39-36(42(29)32)40-38(34)23-15-17-28(4)47-38/h12,18,28-32,34,43H,5-11,13-17,19-27H2,1-4H3,(H,39,40)/p+1/t28-,29+,30+,31+,32-,34-,37+,38-/m1/s1. The SMILES string of the molecule is CCCCN(C[C@@H](O)CCC)C(=O)CCCCCCOC(=O)[C@H]1[C@H]2CC[C@H]3C[C@@]4(CCC=C[C@H](CC)O4)NC(=[N+]32)N[C@@]12CCC[C@@H](C)O2. The van der Waals surface area contributed by atoms with Gasteiger partial charge in [-0.3, -0.25) is 14.2 Å². The molecule has 10 heteroatoms.